The number of nitrogens with zero attached hydrogens (tertiary/aromatic N) is 4. The van der Waals surface area contributed by atoms with E-state index in [0.29, 0.717) is 0 Å². The summed E-state index contributed by atoms with van der Waals surface area (Å²) in [7, 11) is 2.06. The molecule has 1 saturated heterocycles. The summed E-state index contributed by atoms with van der Waals surface area (Å²) in [5.41, 5.74) is 3.78. The van der Waals surface area contributed by atoms with Crippen LogP contribution in [0.2, 0.25) is 0 Å². The lowest BCUT2D eigenvalue weighted by atomic mass is 9.91. The molecule has 3 heterocycles. The van der Waals surface area contributed by atoms with Crippen molar-refractivity contribution in [1.82, 2.24) is 24.6 Å². The van der Waals surface area contributed by atoms with E-state index < -0.39 is 0 Å². The van der Waals surface area contributed by atoms with E-state index in [1.807, 2.05) is 43.5 Å². The Bertz CT molecular complexity index is 961. The van der Waals surface area contributed by atoms with Crippen LogP contribution in [0.1, 0.15) is 30.1 Å². The van der Waals surface area contributed by atoms with Gasteiger partial charge in [0.25, 0.3) is 0 Å². The van der Waals surface area contributed by atoms with Crippen LogP contribution in [0.3, 0.4) is 0 Å². The summed E-state index contributed by atoms with van der Waals surface area (Å²) in [6.45, 7) is 5.69. The summed E-state index contributed by atoms with van der Waals surface area (Å²) in [5.74, 6) is 0.974. The monoisotopic (exact) mass is 378 g/mol. The first-order valence-corrected chi connectivity index (χ1v) is 9.70. The molecule has 4 rings (SSSR count). The summed E-state index contributed by atoms with van der Waals surface area (Å²) in [6.07, 6.45) is 4.48. The van der Waals surface area contributed by atoms with Gasteiger partial charge in [0.05, 0.1) is 17.3 Å². The zero-order valence-electron chi connectivity index (χ0n) is 16.5. The fourth-order valence-electron chi connectivity index (χ4n) is 3.99. The van der Waals surface area contributed by atoms with E-state index in [0.717, 1.165) is 48.1 Å². The van der Waals surface area contributed by atoms with Gasteiger partial charge in [0.15, 0.2) is 0 Å². The molecule has 7 heteroatoms. The topological polar surface area (TPSA) is 78.8 Å². The van der Waals surface area contributed by atoms with Crippen molar-refractivity contribution in [2.24, 2.45) is 5.92 Å². The van der Waals surface area contributed by atoms with Crippen LogP contribution in [0.15, 0.2) is 42.7 Å². The van der Waals surface area contributed by atoms with Crippen molar-refractivity contribution in [2.45, 2.75) is 26.2 Å². The number of H-pyrrole nitrogens is 1. The van der Waals surface area contributed by atoms with E-state index in [9.17, 15) is 4.79 Å². The van der Waals surface area contributed by atoms with Gasteiger partial charge < -0.3 is 15.2 Å². The number of carbonyl (C=O) groups is 1. The molecule has 0 spiro atoms. The molecule has 1 fully saturated rings. The summed E-state index contributed by atoms with van der Waals surface area (Å²) in [6, 6.07) is 9.62. The molecule has 146 valence electrons. The van der Waals surface area contributed by atoms with Crippen molar-refractivity contribution in [3.05, 3.63) is 59.9 Å². The molecule has 3 aromatic rings. The Morgan fingerprint density at radius 1 is 1.32 bits per heavy atom. The van der Waals surface area contributed by atoms with E-state index >= 15 is 0 Å². The molecular formula is C21H26N6O. The number of nitrogens with one attached hydrogen (secondary N) is 2. The zero-order chi connectivity index (χ0) is 19.7. The van der Waals surface area contributed by atoms with Crippen LogP contribution in [0.25, 0.3) is 5.69 Å². The molecule has 7 nitrogen and oxygen atoms in total. The minimum absolute atomic E-state index is 0.0346. The fourth-order valence-corrected chi connectivity index (χ4v) is 3.99. The molecule has 0 unspecified atom stereocenters. The number of rotatable bonds is 5. The highest BCUT2D eigenvalue weighted by Gasteiger charge is 2.39. The Hall–Kier alpha value is -2.93. The minimum atomic E-state index is -0.134. The van der Waals surface area contributed by atoms with E-state index in [2.05, 4.69) is 34.3 Å². The third kappa shape index (κ3) is 3.57. The SMILES string of the molecule is CCc1nc([C@H]2CN(C)C[C@@H]2C(=O)Nc2cccc(-n3cccn3)c2)c(C)[nH]1. The molecule has 2 aromatic heterocycles. The number of aromatic amines is 1. The highest BCUT2D eigenvalue weighted by atomic mass is 16.2. The van der Waals surface area contributed by atoms with Crippen LogP contribution in [0, 0.1) is 12.8 Å². The van der Waals surface area contributed by atoms with Crippen molar-refractivity contribution in [1.29, 1.82) is 0 Å². The number of benzene rings is 1. The molecule has 1 aliphatic heterocycles. The van der Waals surface area contributed by atoms with E-state index in [1.54, 1.807) is 10.9 Å². The average molecular weight is 378 g/mol. The second-order valence-corrected chi connectivity index (χ2v) is 7.47. The van der Waals surface area contributed by atoms with E-state index in [4.69, 9.17) is 4.98 Å². The van der Waals surface area contributed by atoms with Gasteiger partial charge in [-0.1, -0.05) is 13.0 Å². The number of likely N-dealkylation sites (N-methyl/N-ethyl adjacent to an activating group) is 1. The van der Waals surface area contributed by atoms with Crippen LogP contribution in [-0.2, 0) is 11.2 Å². The first kappa shape index (κ1) is 18.4. The van der Waals surface area contributed by atoms with Gasteiger partial charge in [0, 0.05) is 49.2 Å². The van der Waals surface area contributed by atoms with Crippen molar-refractivity contribution in [2.75, 3.05) is 25.5 Å². The maximum atomic E-state index is 13.1. The highest BCUT2D eigenvalue weighted by Crippen LogP contribution is 2.33. The predicted octanol–water partition coefficient (Wildman–Crippen LogP) is 2.75. The molecule has 0 bridgehead atoms. The number of aromatic nitrogens is 4. The second kappa shape index (κ2) is 7.59. The van der Waals surface area contributed by atoms with E-state index in [-0.39, 0.29) is 17.7 Å². The standard InChI is InChI=1S/C21H26N6O/c1-4-19-23-14(2)20(25-19)17-12-26(3)13-18(17)21(28)24-15-7-5-8-16(11-15)27-10-6-9-22-27/h5-11,17-18H,4,12-13H2,1-3H3,(H,23,25)(H,24,28)/t17-,18-/m0/s1. The number of carbonyl (C=O) groups excluding carboxylic acids is 1. The van der Waals surface area contributed by atoms with Gasteiger partial charge in [-0.3, -0.25) is 4.79 Å². The lowest BCUT2D eigenvalue weighted by Crippen LogP contribution is -2.28. The molecule has 28 heavy (non-hydrogen) atoms. The van der Waals surface area contributed by atoms with Crippen LogP contribution < -0.4 is 5.32 Å². The van der Waals surface area contributed by atoms with Crippen molar-refractivity contribution in [3.63, 3.8) is 0 Å². The second-order valence-electron chi connectivity index (χ2n) is 7.47. The van der Waals surface area contributed by atoms with Crippen molar-refractivity contribution < 1.29 is 4.79 Å². The molecule has 2 atom stereocenters. The Morgan fingerprint density at radius 2 is 2.18 bits per heavy atom. The molecule has 1 amide bonds. The van der Waals surface area contributed by atoms with Crippen molar-refractivity contribution >= 4 is 11.6 Å². The number of hydrogen-bond acceptors (Lipinski definition) is 4. The normalized spacial score (nSPS) is 19.8. The molecule has 1 aliphatic rings. The smallest absolute Gasteiger partial charge is 0.229 e. The lowest BCUT2D eigenvalue weighted by Gasteiger charge is -2.17. The molecule has 1 aromatic carbocycles. The quantitative estimate of drug-likeness (QED) is 0.716. The van der Waals surface area contributed by atoms with Gasteiger partial charge in [0.1, 0.15) is 5.82 Å². The maximum Gasteiger partial charge on any atom is 0.229 e. The summed E-state index contributed by atoms with van der Waals surface area (Å²) in [4.78, 5) is 23.4. The van der Waals surface area contributed by atoms with Crippen LogP contribution >= 0.6 is 0 Å². The fraction of sp³-hybridized carbons (Fsp3) is 0.381. The molecular weight excluding hydrogens is 352 g/mol. The number of imidazole rings is 1. The maximum absolute atomic E-state index is 13.1. The third-order valence-corrected chi connectivity index (χ3v) is 5.38. The lowest BCUT2D eigenvalue weighted by molar-refractivity contribution is -0.119. The van der Waals surface area contributed by atoms with Gasteiger partial charge in [-0.2, -0.15) is 5.10 Å². The number of likely N-dealkylation sites (tertiary alicyclic amines) is 1. The predicted molar refractivity (Wildman–Crippen MR) is 109 cm³/mol. The van der Waals surface area contributed by atoms with Crippen LogP contribution in [-0.4, -0.2) is 50.7 Å². The summed E-state index contributed by atoms with van der Waals surface area (Å²) < 4.78 is 1.78. The summed E-state index contributed by atoms with van der Waals surface area (Å²) >= 11 is 0. The van der Waals surface area contributed by atoms with Gasteiger partial charge in [-0.15, -0.1) is 0 Å². The number of aryl methyl sites for hydroxylation is 2. The van der Waals surface area contributed by atoms with Crippen molar-refractivity contribution in [3.8, 4) is 5.69 Å². The number of hydrogen-bond donors (Lipinski definition) is 2. The molecule has 0 aliphatic carbocycles. The first-order chi connectivity index (χ1) is 13.5. The summed E-state index contributed by atoms with van der Waals surface area (Å²) in [5, 5.41) is 7.35. The Morgan fingerprint density at radius 3 is 2.89 bits per heavy atom. The minimum Gasteiger partial charge on any atom is -0.346 e. The van der Waals surface area contributed by atoms with Crippen LogP contribution in [0.5, 0.6) is 0 Å². The van der Waals surface area contributed by atoms with Gasteiger partial charge >= 0.3 is 0 Å². The van der Waals surface area contributed by atoms with Gasteiger partial charge in [-0.25, -0.2) is 9.67 Å². The Kier molecular flexibility index (Phi) is 5.00. The third-order valence-electron chi connectivity index (χ3n) is 5.38. The first-order valence-electron chi connectivity index (χ1n) is 9.70. The van der Waals surface area contributed by atoms with Crippen LogP contribution in [0.4, 0.5) is 5.69 Å². The number of anilines is 1. The Balaban J connectivity index is 1.55. The largest absolute Gasteiger partial charge is 0.346 e. The molecule has 0 saturated carbocycles. The zero-order valence-corrected chi connectivity index (χ0v) is 16.5. The molecule has 0 radical (unpaired) electrons. The number of amides is 1. The molecule has 2 N–H and O–H groups in total. The highest BCUT2D eigenvalue weighted by molar-refractivity contribution is 5.93. The van der Waals surface area contributed by atoms with Gasteiger partial charge in [0.2, 0.25) is 5.91 Å². The average Bonchev–Trinajstić information content (AvgIpc) is 3.41. The van der Waals surface area contributed by atoms with E-state index in [1.165, 1.54) is 0 Å². The Labute approximate surface area is 164 Å². The van der Waals surface area contributed by atoms with Gasteiger partial charge in [-0.05, 0) is 38.2 Å².